The number of carbonyl (C=O) groups is 1. The van der Waals surface area contributed by atoms with E-state index >= 15 is 0 Å². The van der Waals surface area contributed by atoms with Crippen LogP contribution in [0.5, 0.6) is 0 Å². The molecule has 0 bridgehead atoms. The number of rotatable bonds is 4. The maximum absolute atomic E-state index is 10.8. The van der Waals surface area contributed by atoms with E-state index in [1.165, 1.54) is 0 Å². The summed E-state index contributed by atoms with van der Waals surface area (Å²) in [4.78, 5) is 10.8. The molecule has 0 saturated carbocycles. The summed E-state index contributed by atoms with van der Waals surface area (Å²) in [6.45, 7) is 3.73. The first-order valence-corrected chi connectivity index (χ1v) is 4.61. The van der Waals surface area contributed by atoms with Crippen LogP contribution in [0, 0.1) is 5.92 Å². The summed E-state index contributed by atoms with van der Waals surface area (Å²) in [6, 6.07) is 0. The van der Waals surface area contributed by atoms with Gasteiger partial charge in [-0.1, -0.05) is 6.92 Å². The van der Waals surface area contributed by atoms with Crippen LogP contribution >= 0.6 is 11.8 Å². The van der Waals surface area contributed by atoms with Crippen LogP contribution in [0.3, 0.4) is 0 Å². The van der Waals surface area contributed by atoms with Crippen molar-refractivity contribution in [2.75, 3.05) is 12.0 Å². The van der Waals surface area contributed by atoms with Gasteiger partial charge in [-0.3, -0.25) is 4.79 Å². The van der Waals surface area contributed by atoms with Crippen LogP contribution in [-0.2, 0) is 4.79 Å². The summed E-state index contributed by atoms with van der Waals surface area (Å²) < 4.78 is 0. The molecule has 0 fully saturated rings. The van der Waals surface area contributed by atoms with Crippen LogP contribution in [0.4, 0.5) is 0 Å². The highest BCUT2D eigenvalue weighted by Gasteiger charge is 2.09. The van der Waals surface area contributed by atoms with Crippen LogP contribution in [0.1, 0.15) is 20.3 Å². The predicted octanol–water partition coefficient (Wildman–Crippen LogP) is 1.96. The van der Waals surface area contributed by atoms with E-state index < -0.39 is 0 Å². The zero-order chi connectivity index (χ0) is 7.28. The number of Topliss-reactive ketones (excluding diaryl/α,β-unsaturated/α-hetero) is 1. The van der Waals surface area contributed by atoms with E-state index in [9.17, 15) is 4.79 Å². The van der Waals surface area contributed by atoms with Crippen LogP contribution in [-0.4, -0.2) is 17.8 Å². The Labute approximate surface area is 61.2 Å². The molecule has 9 heavy (non-hydrogen) atoms. The highest BCUT2D eigenvalue weighted by molar-refractivity contribution is 7.98. The Morgan fingerprint density at radius 3 is 2.33 bits per heavy atom. The molecule has 0 aliphatic carbocycles. The van der Waals surface area contributed by atoms with E-state index in [4.69, 9.17) is 0 Å². The van der Waals surface area contributed by atoms with Crippen molar-refractivity contribution in [3.8, 4) is 0 Å². The fourth-order valence-electron chi connectivity index (χ4n) is 0.724. The number of hydrogen-bond donors (Lipinski definition) is 0. The zero-order valence-corrected chi connectivity index (χ0v) is 7.12. The first-order valence-electron chi connectivity index (χ1n) is 3.21. The summed E-state index contributed by atoms with van der Waals surface area (Å²) >= 11 is 1.74. The molecule has 0 aromatic carbocycles. The monoisotopic (exact) mass is 146 g/mol. The minimum Gasteiger partial charge on any atom is -0.300 e. The third kappa shape index (κ3) is 3.57. The molecule has 0 spiro atoms. The molecule has 0 radical (unpaired) electrons. The summed E-state index contributed by atoms with van der Waals surface area (Å²) in [5.41, 5.74) is 0. The highest BCUT2D eigenvalue weighted by Crippen LogP contribution is 2.09. The number of hydrogen-bond acceptors (Lipinski definition) is 2. The molecule has 0 aromatic heterocycles. The number of thioether (sulfide) groups is 1. The summed E-state index contributed by atoms with van der Waals surface area (Å²) in [6.07, 6.45) is 3.02. The van der Waals surface area contributed by atoms with Crippen molar-refractivity contribution < 1.29 is 4.79 Å². The van der Waals surface area contributed by atoms with Crippen molar-refractivity contribution in [2.45, 2.75) is 20.3 Å². The second-order valence-electron chi connectivity index (χ2n) is 2.17. The second kappa shape index (κ2) is 4.86. The summed E-state index contributed by atoms with van der Waals surface area (Å²) in [7, 11) is 0. The largest absolute Gasteiger partial charge is 0.300 e. The maximum atomic E-state index is 10.8. The average Bonchev–Trinajstić information content (AvgIpc) is 1.82. The number of ketones is 1. The van der Waals surface area contributed by atoms with E-state index in [0.29, 0.717) is 11.7 Å². The molecule has 0 saturated heterocycles. The minimum atomic E-state index is 0.292. The van der Waals surface area contributed by atoms with Gasteiger partial charge in [0.25, 0.3) is 0 Å². The fourth-order valence-corrected chi connectivity index (χ4v) is 1.60. The van der Waals surface area contributed by atoms with Crippen LogP contribution < -0.4 is 0 Å². The molecule has 1 nitrogen and oxygen atoms in total. The van der Waals surface area contributed by atoms with Crippen molar-refractivity contribution in [2.24, 2.45) is 5.92 Å². The van der Waals surface area contributed by atoms with Crippen molar-refractivity contribution in [3.05, 3.63) is 0 Å². The molecular weight excluding hydrogens is 132 g/mol. The maximum Gasteiger partial charge on any atom is 0.133 e. The van der Waals surface area contributed by atoms with Gasteiger partial charge in [0.1, 0.15) is 5.78 Å². The van der Waals surface area contributed by atoms with Gasteiger partial charge in [0.05, 0.1) is 0 Å². The molecule has 0 aliphatic rings. The van der Waals surface area contributed by atoms with E-state index in [2.05, 4.69) is 6.92 Å². The SMILES string of the molecule is CCC(CSC)C(C)=O. The van der Waals surface area contributed by atoms with Crippen molar-refractivity contribution in [1.82, 2.24) is 0 Å². The number of carbonyl (C=O) groups excluding carboxylic acids is 1. The Balaban J connectivity index is 3.54. The van der Waals surface area contributed by atoms with Crippen LogP contribution in [0.15, 0.2) is 0 Å². The molecule has 0 aromatic rings. The Hall–Kier alpha value is 0.0200. The molecule has 0 amide bonds. The smallest absolute Gasteiger partial charge is 0.133 e. The fraction of sp³-hybridized carbons (Fsp3) is 0.857. The molecule has 0 heterocycles. The van der Waals surface area contributed by atoms with Gasteiger partial charge in [-0.2, -0.15) is 11.8 Å². The van der Waals surface area contributed by atoms with E-state index in [1.807, 2.05) is 6.26 Å². The molecule has 0 rings (SSSR count). The lowest BCUT2D eigenvalue weighted by molar-refractivity contribution is -0.120. The van der Waals surface area contributed by atoms with Gasteiger partial charge in [0, 0.05) is 11.7 Å². The lowest BCUT2D eigenvalue weighted by Crippen LogP contribution is -2.11. The van der Waals surface area contributed by atoms with Crippen molar-refractivity contribution >= 4 is 17.5 Å². The van der Waals surface area contributed by atoms with Gasteiger partial charge < -0.3 is 0 Å². The third-order valence-electron chi connectivity index (χ3n) is 1.44. The molecular formula is C7H14OS. The Morgan fingerprint density at radius 2 is 2.22 bits per heavy atom. The molecule has 1 unspecified atom stereocenters. The van der Waals surface area contributed by atoms with Gasteiger partial charge in [-0.25, -0.2) is 0 Å². The predicted molar refractivity (Wildman–Crippen MR) is 42.8 cm³/mol. The zero-order valence-electron chi connectivity index (χ0n) is 6.31. The highest BCUT2D eigenvalue weighted by atomic mass is 32.2. The quantitative estimate of drug-likeness (QED) is 0.603. The Kier molecular flexibility index (Phi) is 4.87. The molecule has 54 valence electrons. The second-order valence-corrected chi connectivity index (χ2v) is 3.08. The average molecular weight is 146 g/mol. The van der Waals surface area contributed by atoms with E-state index in [0.717, 1.165) is 12.2 Å². The van der Waals surface area contributed by atoms with Gasteiger partial charge in [-0.15, -0.1) is 0 Å². The third-order valence-corrected chi connectivity index (χ3v) is 2.17. The van der Waals surface area contributed by atoms with Gasteiger partial charge in [0.15, 0.2) is 0 Å². The normalized spacial score (nSPS) is 13.2. The standard InChI is InChI=1S/C7H14OS/c1-4-7(5-9-3)6(2)8/h7H,4-5H2,1-3H3. The van der Waals surface area contributed by atoms with Gasteiger partial charge in [-0.05, 0) is 19.6 Å². The summed E-state index contributed by atoms with van der Waals surface area (Å²) in [5, 5.41) is 0. The lowest BCUT2D eigenvalue weighted by Gasteiger charge is -2.06. The van der Waals surface area contributed by atoms with Gasteiger partial charge in [0.2, 0.25) is 0 Å². The topological polar surface area (TPSA) is 17.1 Å². The summed E-state index contributed by atoms with van der Waals surface area (Å²) in [5.74, 6) is 1.60. The van der Waals surface area contributed by atoms with Crippen molar-refractivity contribution in [3.63, 3.8) is 0 Å². The molecule has 0 aliphatic heterocycles. The minimum absolute atomic E-state index is 0.292. The van der Waals surface area contributed by atoms with Crippen molar-refractivity contribution in [1.29, 1.82) is 0 Å². The van der Waals surface area contributed by atoms with E-state index in [1.54, 1.807) is 18.7 Å². The van der Waals surface area contributed by atoms with Gasteiger partial charge >= 0.3 is 0 Å². The molecule has 1 atom stereocenters. The lowest BCUT2D eigenvalue weighted by atomic mass is 10.1. The van der Waals surface area contributed by atoms with E-state index in [-0.39, 0.29) is 0 Å². The molecule has 0 N–H and O–H groups in total. The molecule has 2 heteroatoms. The Morgan fingerprint density at radius 1 is 1.67 bits per heavy atom. The van der Waals surface area contributed by atoms with Crippen LogP contribution in [0.25, 0.3) is 0 Å². The Bertz CT molecular complexity index is 90.9. The first kappa shape index (κ1) is 9.02. The van der Waals surface area contributed by atoms with Crippen LogP contribution in [0.2, 0.25) is 0 Å². The first-order chi connectivity index (χ1) is 4.22.